The lowest BCUT2D eigenvalue weighted by molar-refractivity contribution is -0.120. The molecule has 1 aliphatic rings. The molecule has 6 nitrogen and oxygen atoms in total. The fourth-order valence-electron chi connectivity index (χ4n) is 1.91. The molecule has 1 saturated carbocycles. The number of rotatable bonds is 7. The van der Waals surface area contributed by atoms with Crippen LogP contribution in [0.15, 0.2) is 9.64 Å². The van der Waals surface area contributed by atoms with Gasteiger partial charge in [0.2, 0.25) is 11.8 Å². The summed E-state index contributed by atoms with van der Waals surface area (Å²) in [5.74, 6) is 0.645. The van der Waals surface area contributed by atoms with Crippen LogP contribution >= 0.6 is 11.8 Å². The first-order valence-electron chi connectivity index (χ1n) is 6.98. The number of carbonyl (C=O) groups is 1. The van der Waals surface area contributed by atoms with E-state index in [9.17, 15) is 4.79 Å². The van der Waals surface area contributed by atoms with Crippen molar-refractivity contribution in [3.05, 3.63) is 5.89 Å². The number of hydrogen-bond donors (Lipinski definition) is 1. The van der Waals surface area contributed by atoms with E-state index in [0.717, 1.165) is 19.3 Å². The molecule has 1 fully saturated rings. The van der Waals surface area contributed by atoms with Gasteiger partial charge in [0.25, 0.3) is 5.22 Å². The zero-order valence-electron chi connectivity index (χ0n) is 12.4. The number of nitrogens with zero attached hydrogens (tertiary/aromatic N) is 3. The van der Waals surface area contributed by atoms with E-state index in [1.165, 1.54) is 11.8 Å². The molecule has 0 unspecified atom stereocenters. The third-order valence-electron chi connectivity index (χ3n) is 3.29. The van der Waals surface area contributed by atoms with E-state index < -0.39 is 0 Å². The SMILES string of the molecule is CC[C@@H](c1nnc(S[C@H](C)C(=O)NC2CC2)o1)N(C)C. The highest BCUT2D eigenvalue weighted by Gasteiger charge is 2.27. The van der Waals surface area contributed by atoms with Crippen molar-refractivity contribution in [3.8, 4) is 0 Å². The summed E-state index contributed by atoms with van der Waals surface area (Å²) >= 11 is 1.31. The van der Waals surface area contributed by atoms with Crippen molar-refractivity contribution in [2.45, 2.75) is 55.7 Å². The molecule has 0 aromatic carbocycles. The lowest BCUT2D eigenvalue weighted by atomic mass is 10.2. The Balaban J connectivity index is 1.92. The summed E-state index contributed by atoms with van der Waals surface area (Å²) in [4.78, 5) is 13.9. The first kappa shape index (κ1) is 15.3. The maximum Gasteiger partial charge on any atom is 0.277 e. The zero-order valence-corrected chi connectivity index (χ0v) is 13.2. The molecular formula is C13H22N4O2S. The fraction of sp³-hybridized carbons (Fsp3) is 0.769. The Morgan fingerprint density at radius 2 is 2.20 bits per heavy atom. The summed E-state index contributed by atoms with van der Waals surface area (Å²) in [5.41, 5.74) is 0. The molecule has 1 heterocycles. The lowest BCUT2D eigenvalue weighted by Crippen LogP contribution is -2.32. The molecule has 0 saturated heterocycles. The Bertz CT molecular complexity index is 459. The van der Waals surface area contributed by atoms with Crippen molar-refractivity contribution in [3.63, 3.8) is 0 Å². The molecule has 2 rings (SSSR count). The van der Waals surface area contributed by atoms with Crippen molar-refractivity contribution in [2.24, 2.45) is 0 Å². The Morgan fingerprint density at radius 1 is 1.50 bits per heavy atom. The van der Waals surface area contributed by atoms with Crippen molar-refractivity contribution in [1.82, 2.24) is 20.4 Å². The van der Waals surface area contributed by atoms with Crippen LogP contribution in [0.2, 0.25) is 0 Å². The molecule has 0 spiro atoms. The molecule has 0 radical (unpaired) electrons. The number of hydrogen-bond acceptors (Lipinski definition) is 6. The minimum absolute atomic E-state index is 0.0388. The Morgan fingerprint density at radius 3 is 2.75 bits per heavy atom. The van der Waals surface area contributed by atoms with E-state index in [1.54, 1.807) is 0 Å². The first-order chi connectivity index (χ1) is 9.51. The van der Waals surface area contributed by atoms with Crippen LogP contribution in [0.4, 0.5) is 0 Å². The molecule has 1 aromatic rings. The summed E-state index contributed by atoms with van der Waals surface area (Å²) in [6.45, 7) is 3.93. The van der Waals surface area contributed by atoms with Gasteiger partial charge in [-0.25, -0.2) is 0 Å². The maximum atomic E-state index is 11.9. The summed E-state index contributed by atoms with van der Waals surface area (Å²) in [5, 5.41) is 11.3. The quantitative estimate of drug-likeness (QED) is 0.775. The number of carbonyl (C=O) groups excluding carboxylic acids is 1. The minimum atomic E-state index is -0.219. The normalized spacial score (nSPS) is 18.1. The van der Waals surface area contributed by atoms with Gasteiger partial charge in [0.15, 0.2) is 0 Å². The Kier molecular flexibility index (Phi) is 5.04. The largest absolute Gasteiger partial charge is 0.414 e. The van der Waals surface area contributed by atoms with E-state index in [0.29, 0.717) is 17.2 Å². The van der Waals surface area contributed by atoms with E-state index in [-0.39, 0.29) is 17.2 Å². The summed E-state index contributed by atoms with van der Waals surface area (Å²) < 4.78 is 5.66. The second-order valence-electron chi connectivity index (χ2n) is 5.34. The van der Waals surface area contributed by atoms with E-state index in [1.807, 2.05) is 25.9 Å². The predicted octanol–water partition coefficient (Wildman–Crippen LogP) is 1.84. The first-order valence-corrected chi connectivity index (χ1v) is 7.86. The molecule has 2 atom stereocenters. The van der Waals surface area contributed by atoms with Gasteiger partial charge in [-0.05, 0) is 40.3 Å². The Labute approximate surface area is 123 Å². The summed E-state index contributed by atoms with van der Waals surface area (Å²) in [6, 6.07) is 0.495. The van der Waals surface area contributed by atoms with Gasteiger partial charge in [-0.3, -0.25) is 9.69 Å². The molecule has 112 valence electrons. The second-order valence-corrected chi connectivity index (χ2v) is 6.63. The van der Waals surface area contributed by atoms with Crippen molar-refractivity contribution < 1.29 is 9.21 Å². The highest BCUT2D eigenvalue weighted by molar-refractivity contribution is 8.00. The van der Waals surface area contributed by atoms with Crippen LogP contribution in [0.5, 0.6) is 0 Å². The minimum Gasteiger partial charge on any atom is -0.414 e. The zero-order chi connectivity index (χ0) is 14.7. The predicted molar refractivity (Wildman–Crippen MR) is 77.5 cm³/mol. The number of nitrogens with one attached hydrogen (secondary N) is 1. The maximum absolute atomic E-state index is 11.9. The molecule has 1 amide bonds. The Hall–Kier alpha value is -1.08. The van der Waals surface area contributed by atoms with E-state index in [4.69, 9.17) is 4.42 Å². The smallest absolute Gasteiger partial charge is 0.277 e. The molecule has 7 heteroatoms. The van der Waals surface area contributed by atoms with Crippen molar-refractivity contribution in [2.75, 3.05) is 14.1 Å². The average molecular weight is 298 g/mol. The standard InChI is InChI=1S/C13H22N4O2S/c1-5-10(17(3)4)12-15-16-13(19-12)20-8(2)11(18)14-9-6-7-9/h8-10H,5-7H2,1-4H3,(H,14,18)/t8-,10+/m1/s1. The van der Waals surface area contributed by atoms with Crippen LogP contribution in [-0.4, -0.2) is 46.4 Å². The molecular weight excluding hydrogens is 276 g/mol. The van der Waals surface area contributed by atoms with Gasteiger partial charge in [0.1, 0.15) is 0 Å². The van der Waals surface area contributed by atoms with Gasteiger partial charge in [0.05, 0.1) is 11.3 Å². The van der Waals surface area contributed by atoms with Gasteiger partial charge in [-0.1, -0.05) is 18.7 Å². The monoisotopic (exact) mass is 298 g/mol. The van der Waals surface area contributed by atoms with Crippen molar-refractivity contribution in [1.29, 1.82) is 0 Å². The lowest BCUT2D eigenvalue weighted by Gasteiger charge is -2.18. The van der Waals surface area contributed by atoms with Crippen LogP contribution in [0, 0.1) is 0 Å². The van der Waals surface area contributed by atoms with Crippen molar-refractivity contribution >= 4 is 17.7 Å². The topological polar surface area (TPSA) is 71.3 Å². The molecule has 1 aromatic heterocycles. The van der Waals surface area contributed by atoms with Crippen LogP contribution < -0.4 is 5.32 Å². The highest BCUT2D eigenvalue weighted by atomic mass is 32.2. The van der Waals surface area contributed by atoms with Crippen LogP contribution in [0.25, 0.3) is 0 Å². The van der Waals surface area contributed by atoms with Gasteiger partial charge < -0.3 is 9.73 Å². The molecule has 1 aliphatic carbocycles. The third kappa shape index (κ3) is 3.96. The van der Waals surface area contributed by atoms with Gasteiger partial charge in [-0.15, -0.1) is 10.2 Å². The number of aromatic nitrogens is 2. The van der Waals surface area contributed by atoms with Crippen LogP contribution in [-0.2, 0) is 4.79 Å². The number of thioether (sulfide) groups is 1. The van der Waals surface area contributed by atoms with Gasteiger partial charge in [0, 0.05) is 6.04 Å². The third-order valence-corrected chi connectivity index (χ3v) is 4.22. The van der Waals surface area contributed by atoms with E-state index >= 15 is 0 Å². The van der Waals surface area contributed by atoms with E-state index in [2.05, 4.69) is 22.4 Å². The highest BCUT2D eigenvalue weighted by Crippen LogP contribution is 2.27. The number of amides is 1. The van der Waals surface area contributed by atoms with Crippen LogP contribution in [0.3, 0.4) is 0 Å². The summed E-state index contributed by atoms with van der Waals surface area (Å²) in [6.07, 6.45) is 3.08. The molecule has 0 aliphatic heterocycles. The summed E-state index contributed by atoms with van der Waals surface area (Å²) in [7, 11) is 3.97. The fourth-order valence-corrected chi connectivity index (χ4v) is 2.61. The van der Waals surface area contributed by atoms with Gasteiger partial charge >= 0.3 is 0 Å². The molecule has 20 heavy (non-hydrogen) atoms. The molecule has 0 bridgehead atoms. The average Bonchev–Trinajstić information content (AvgIpc) is 3.09. The second kappa shape index (κ2) is 6.58. The van der Waals surface area contributed by atoms with Crippen LogP contribution in [0.1, 0.15) is 45.0 Å². The molecule has 1 N–H and O–H groups in total. The van der Waals surface area contributed by atoms with Gasteiger partial charge in [-0.2, -0.15) is 0 Å².